The molecule has 26 heavy (non-hydrogen) atoms. The van der Waals surface area contributed by atoms with Crippen molar-refractivity contribution >= 4 is 21.6 Å². The van der Waals surface area contributed by atoms with Crippen molar-refractivity contribution < 1.29 is 17.9 Å². The van der Waals surface area contributed by atoms with Gasteiger partial charge in [0.15, 0.2) is 0 Å². The van der Waals surface area contributed by atoms with Crippen molar-refractivity contribution in [2.45, 2.75) is 18.4 Å². The smallest absolute Gasteiger partial charge is 0.261 e. The molecule has 0 atom stereocenters. The molecule has 0 aromatic heterocycles. The minimum atomic E-state index is -3.83. The lowest BCUT2D eigenvalue weighted by Gasteiger charge is -2.12. The number of hydrogen-bond donors (Lipinski definition) is 3. The summed E-state index contributed by atoms with van der Waals surface area (Å²) >= 11 is 0. The van der Waals surface area contributed by atoms with E-state index in [0.29, 0.717) is 31.1 Å². The van der Waals surface area contributed by atoms with E-state index in [0.717, 1.165) is 12.1 Å². The highest BCUT2D eigenvalue weighted by Gasteiger charge is 2.21. The Morgan fingerprint density at radius 2 is 2.04 bits per heavy atom. The number of rotatable bonds is 6. The molecule has 138 valence electrons. The number of benzene rings is 2. The van der Waals surface area contributed by atoms with Crippen LogP contribution in [0.15, 0.2) is 47.4 Å². The molecule has 7 nitrogen and oxygen atoms in total. The summed E-state index contributed by atoms with van der Waals surface area (Å²) in [4.78, 5) is 12.1. The number of fused-ring (bicyclic) bond motifs is 1. The number of anilines is 1. The maximum atomic E-state index is 12.7. The van der Waals surface area contributed by atoms with Gasteiger partial charge in [-0.3, -0.25) is 9.52 Å². The molecule has 0 spiro atoms. The average Bonchev–Trinajstić information content (AvgIpc) is 2.81. The van der Waals surface area contributed by atoms with Crippen LogP contribution in [-0.4, -0.2) is 34.0 Å². The summed E-state index contributed by atoms with van der Waals surface area (Å²) in [7, 11) is -3.83. The first kappa shape index (κ1) is 18.2. The van der Waals surface area contributed by atoms with Gasteiger partial charge in [-0.1, -0.05) is 19.1 Å². The van der Waals surface area contributed by atoms with E-state index in [4.69, 9.17) is 4.74 Å². The van der Waals surface area contributed by atoms with Gasteiger partial charge in [-0.15, -0.1) is 0 Å². The van der Waals surface area contributed by atoms with Crippen molar-refractivity contribution in [2.24, 2.45) is 0 Å². The van der Waals surface area contributed by atoms with E-state index in [2.05, 4.69) is 15.4 Å². The molecule has 8 heteroatoms. The van der Waals surface area contributed by atoms with Crippen LogP contribution < -0.4 is 20.1 Å². The topological polar surface area (TPSA) is 96.5 Å². The first-order chi connectivity index (χ1) is 12.5. The molecule has 1 amide bonds. The van der Waals surface area contributed by atoms with Crippen LogP contribution in [0.25, 0.3) is 0 Å². The van der Waals surface area contributed by atoms with E-state index in [9.17, 15) is 13.2 Å². The maximum absolute atomic E-state index is 12.7. The number of carbonyl (C=O) groups is 1. The van der Waals surface area contributed by atoms with Gasteiger partial charge >= 0.3 is 0 Å². The number of amides is 1. The summed E-state index contributed by atoms with van der Waals surface area (Å²) in [5.41, 5.74) is 1.66. The van der Waals surface area contributed by atoms with Crippen LogP contribution in [0.3, 0.4) is 0 Å². The normalized spacial score (nSPS) is 14.0. The largest absolute Gasteiger partial charge is 0.491 e. The number of carbonyl (C=O) groups excluding carboxylic acids is 1. The standard InChI is InChI=1S/C18H21N3O4S/c1-2-19-12-13-4-3-5-14(10-13)21-26(23,24)15-6-7-17-16(11-15)18(22)20-8-9-25-17/h3-7,10-11,19,21H,2,8-9,12H2,1H3,(H,20,22). The number of hydrogen-bond acceptors (Lipinski definition) is 5. The van der Waals surface area contributed by atoms with E-state index < -0.39 is 10.0 Å². The number of sulfonamides is 1. The van der Waals surface area contributed by atoms with Gasteiger partial charge in [0.2, 0.25) is 0 Å². The van der Waals surface area contributed by atoms with Crippen LogP contribution in [0.5, 0.6) is 5.75 Å². The Balaban J connectivity index is 1.86. The van der Waals surface area contributed by atoms with Gasteiger partial charge in [0.25, 0.3) is 15.9 Å². The third-order valence-electron chi connectivity index (χ3n) is 3.91. The molecule has 1 aliphatic rings. The number of ether oxygens (including phenoxy) is 1. The molecule has 2 aromatic carbocycles. The quantitative estimate of drug-likeness (QED) is 0.714. The minimum Gasteiger partial charge on any atom is -0.491 e. The molecular formula is C18H21N3O4S. The third kappa shape index (κ3) is 4.14. The molecule has 0 unspecified atom stereocenters. The first-order valence-corrected chi connectivity index (χ1v) is 9.85. The fourth-order valence-electron chi connectivity index (χ4n) is 2.63. The maximum Gasteiger partial charge on any atom is 0.261 e. The average molecular weight is 375 g/mol. The van der Waals surface area contributed by atoms with Gasteiger partial charge in [0.05, 0.1) is 17.0 Å². The molecule has 3 rings (SSSR count). The molecule has 2 aromatic rings. The minimum absolute atomic E-state index is 0.00832. The van der Waals surface area contributed by atoms with Crippen LogP contribution in [0, 0.1) is 0 Å². The van der Waals surface area contributed by atoms with Gasteiger partial charge < -0.3 is 15.4 Å². The fourth-order valence-corrected chi connectivity index (χ4v) is 3.70. The molecule has 1 heterocycles. The third-order valence-corrected chi connectivity index (χ3v) is 5.29. The highest BCUT2D eigenvalue weighted by atomic mass is 32.2. The molecule has 0 fully saturated rings. The van der Waals surface area contributed by atoms with Gasteiger partial charge in [-0.2, -0.15) is 0 Å². The second kappa shape index (κ2) is 7.76. The molecule has 0 saturated heterocycles. The van der Waals surface area contributed by atoms with Gasteiger partial charge in [-0.25, -0.2) is 8.42 Å². The zero-order valence-corrected chi connectivity index (χ0v) is 15.2. The van der Waals surface area contributed by atoms with Crippen molar-refractivity contribution in [1.82, 2.24) is 10.6 Å². The second-order valence-corrected chi connectivity index (χ2v) is 7.53. The fraction of sp³-hybridized carbons (Fsp3) is 0.278. The van der Waals surface area contributed by atoms with Crippen LogP contribution in [-0.2, 0) is 16.6 Å². The lowest BCUT2D eigenvalue weighted by atomic mass is 10.2. The predicted molar refractivity (Wildman–Crippen MR) is 98.9 cm³/mol. The Labute approximate surface area is 152 Å². The predicted octanol–water partition coefficient (Wildman–Crippen LogP) is 1.72. The van der Waals surface area contributed by atoms with Crippen LogP contribution in [0.2, 0.25) is 0 Å². The molecule has 1 aliphatic heterocycles. The van der Waals surface area contributed by atoms with Crippen LogP contribution >= 0.6 is 0 Å². The summed E-state index contributed by atoms with van der Waals surface area (Å²) < 4.78 is 33.4. The summed E-state index contributed by atoms with van der Waals surface area (Å²) in [6.45, 7) is 4.22. The molecular weight excluding hydrogens is 354 g/mol. The number of nitrogens with one attached hydrogen (secondary N) is 3. The molecule has 0 aliphatic carbocycles. The Hall–Kier alpha value is -2.58. The van der Waals surface area contributed by atoms with Crippen molar-refractivity contribution in [3.63, 3.8) is 0 Å². The Bertz CT molecular complexity index is 912. The summed E-state index contributed by atoms with van der Waals surface area (Å²) in [5.74, 6) is 0.0359. The van der Waals surface area contributed by atoms with E-state index in [1.807, 2.05) is 13.0 Å². The Morgan fingerprint density at radius 3 is 2.85 bits per heavy atom. The van der Waals surface area contributed by atoms with Crippen LogP contribution in [0.4, 0.5) is 5.69 Å². The van der Waals surface area contributed by atoms with Gasteiger partial charge in [-0.05, 0) is 42.4 Å². The molecule has 3 N–H and O–H groups in total. The van der Waals surface area contributed by atoms with Crippen molar-refractivity contribution in [2.75, 3.05) is 24.4 Å². The molecule has 0 saturated carbocycles. The van der Waals surface area contributed by atoms with Gasteiger partial charge in [0, 0.05) is 12.2 Å². The van der Waals surface area contributed by atoms with E-state index in [1.165, 1.54) is 18.2 Å². The summed E-state index contributed by atoms with van der Waals surface area (Å²) in [6.07, 6.45) is 0. The summed E-state index contributed by atoms with van der Waals surface area (Å²) in [5, 5.41) is 5.87. The second-order valence-electron chi connectivity index (χ2n) is 5.85. The van der Waals surface area contributed by atoms with Gasteiger partial charge in [0.1, 0.15) is 12.4 Å². The zero-order chi connectivity index (χ0) is 18.6. The Morgan fingerprint density at radius 1 is 1.19 bits per heavy atom. The van der Waals surface area contributed by atoms with E-state index in [-0.39, 0.29) is 16.4 Å². The lowest BCUT2D eigenvalue weighted by Crippen LogP contribution is -2.24. The highest BCUT2D eigenvalue weighted by Crippen LogP contribution is 2.25. The monoisotopic (exact) mass is 375 g/mol. The highest BCUT2D eigenvalue weighted by molar-refractivity contribution is 7.92. The Kier molecular flexibility index (Phi) is 5.43. The van der Waals surface area contributed by atoms with E-state index in [1.54, 1.807) is 18.2 Å². The van der Waals surface area contributed by atoms with E-state index >= 15 is 0 Å². The SMILES string of the molecule is CCNCc1cccc(NS(=O)(=O)c2ccc3c(c2)C(=O)NCCO3)c1. The molecule has 0 radical (unpaired) electrons. The van der Waals surface area contributed by atoms with Crippen molar-refractivity contribution in [3.05, 3.63) is 53.6 Å². The zero-order valence-electron chi connectivity index (χ0n) is 14.4. The molecule has 0 bridgehead atoms. The first-order valence-electron chi connectivity index (χ1n) is 8.37. The van der Waals surface area contributed by atoms with Crippen molar-refractivity contribution in [1.29, 1.82) is 0 Å². The van der Waals surface area contributed by atoms with Crippen LogP contribution in [0.1, 0.15) is 22.8 Å². The summed E-state index contributed by atoms with van der Waals surface area (Å²) in [6, 6.07) is 11.5. The lowest BCUT2D eigenvalue weighted by molar-refractivity contribution is 0.0957. The van der Waals surface area contributed by atoms with Crippen molar-refractivity contribution in [3.8, 4) is 5.75 Å².